The number of piperazine rings is 1. The summed E-state index contributed by atoms with van der Waals surface area (Å²) in [6, 6.07) is -0.652. The van der Waals surface area contributed by atoms with Crippen LogP contribution in [0.25, 0.3) is 0 Å². The molecule has 0 radical (unpaired) electrons. The van der Waals surface area contributed by atoms with Gasteiger partial charge in [-0.2, -0.15) is 0 Å². The molecule has 100 valence electrons. The minimum absolute atomic E-state index is 0.577. The van der Waals surface area contributed by atoms with Gasteiger partial charge >= 0.3 is 5.97 Å². The van der Waals surface area contributed by atoms with E-state index in [1.54, 1.807) is 0 Å². The first-order chi connectivity index (χ1) is 8.63. The van der Waals surface area contributed by atoms with Crippen molar-refractivity contribution in [3.05, 3.63) is 16.6 Å². The molecule has 1 fully saturated rings. The minimum atomic E-state index is -0.843. The lowest BCUT2D eigenvalue weighted by Gasteiger charge is -2.36. The molecule has 1 aliphatic heterocycles. The van der Waals surface area contributed by atoms with Crippen LogP contribution in [0.1, 0.15) is 18.7 Å². The van der Waals surface area contributed by atoms with E-state index in [0.29, 0.717) is 10.3 Å². The van der Waals surface area contributed by atoms with Gasteiger partial charge in [0.25, 0.3) is 0 Å². The molecular weight excluding hydrogens is 300 g/mol. The Morgan fingerprint density at radius 3 is 2.67 bits per heavy atom. The molecule has 0 aliphatic carbocycles. The molecule has 1 atom stereocenters. The van der Waals surface area contributed by atoms with Crippen molar-refractivity contribution < 1.29 is 9.90 Å². The van der Waals surface area contributed by atoms with E-state index < -0.39 is 12.0 Å². The number of rotatable bonds is 4. The van der Waals surface area contributed by atoms with Gasteiger partial charge in [0.05, 0.1) is 12.0 Å². The van der Waals surface area contributed by atoms with E-state index >= 15 is 0 Å². The van der Waals surface area contributed by atoms with Crippen LogP contribution in [0.2, 0.25) is 0 Å². The van der Waals surface area contributed by atoms with Gasteiger partial charge in [-0.3, -0.25) is 9.69 Å². The molecule has 0 amide bonds. The number of nitrogens with zero attached hydrogens (tertiary/aromatic N) is 3. The molecule has 2 N–H and O–H groups in total. The lowest BCUT2D eigenvalue weighted by molar-refractivity contribution is -0.144. The maximum Gasteiger partial charge on any atom is 0.327 e. The molecule has 0 bridgehead atoms. The van der Waals surface area contributed by atoms with Crippen molar-refractivity contribution in [1.29, 1.82) is 0 Å². The van der Waals surface area contributed by atoms with Crippen LogP contribution in [-0.4, -0.2) is 63.6 Å². The number of nitrogens with one attached hydrogen (secondary N) is 1. The first-order valence-electron chi connectivity index (χ1n) is 6.01. The number of imidazole rings is 1. The summed E-state index contributed by atoms with van der Waals surface area (Å²) in [5.74, 6) is -0.843. The van der Waals surface area contributed by atoms with E-state index in [1.807, 2.05) is 4.90 Å². The third-order valence-corrected chi connectivity index (χ3v) is 3.98. The Morgan fingerprint density at radius 1 is 1.56 bits per heavy atom. The molecule has 1 unspecified atom stereocenters. The summed E-state index contributed by atoms with van der Waals surface area (Å²) in [5.41, 5.74) is 0.618. The Kier molecular flexibility index (Phi) is 4.36. The fourth-order valence-corrected chi connectivity index (χ4v) is 2.71. The lowest BCUT2D eigenvalue weighted by Crippen LogP contribution is -2.49. The standard InChI is InChI=1S/C11H17BrN4O2/c1-2-15-3-5-16(6-4-15)9(11(17)18)8-10(12)14-7-13-8/h7,9H,2-6H2,1H3,(H,13,14)(H,17,18). The molecule has 1 aromatic rings. The highest BCUT2D eigenvalue weighted by molar-refractivity contribution is 9.10. The second kappa shape index (κ2) is 5.81. The van der Waals surface area contributed by atoms with Gasteiger partial charge in [0.15, 0.2) is 6.04 Å². The quantitative estimate of drug-likeness (QED) is 0.864. The zero-order valence-electron chi connectivity index (χ0n) is 10.3. The molecular formula is C11H17BrN4O2. The number of carboxylic acid groups (broad SMARTS) is 1. The van der Waals surface area contributed by atoms with Crippen molar-refractivity contribution in [3.8, 4) is 0 Å². The Hall–Kier alpha value is -0.920. The Bertz CT molecular complexity index is 415. The predicted molar refractivity (Wildman–Crippen MR) is 70.4 cm³/mol. The van der Waals surface area contributed by atoms with Gasteiger partial charge in [-0.05, 0) is 22.5 Å². The highest BCUT2D eigenvalue weighted by atomic mass is 79.9. The highest BCUT2D eigenvalue weighted by Gasteiger charge is 2.32. The number of halogens is 1. The van der Waals surface area contributed by atoms with Crippen molar-refractivity contribution in [2.45, 2.75) is 13.0 Å². The van der Waals surface area contributed by atoms with Gasteiger partial charge in [0.1, 0.15) is 4.60 Å². The van der Waals surface area contributed by atoms with Crippen molar-refractivity contribution in [2.75, 3.05) is 32.7 Å². The van der Waals surface area contributed by atoms with Gasteiger partial charge in [-0.15, -0.1) is 0 Å². The number of carbonyl (C=O) groups is 1. The van der Waals surface area contributed by atoms with Crippen LogP contribution in [0, 0.1) is 0 Å². The van der Waals surface area contributed by atoms with E-state index in [4.69, 9.17) is 0 Å². The molecule has 1 aromatic heterocycles. The maximum absolute atomic E-state index is 11.5. The largest absolute Gasteiger partial charge is 0.480 e. The number of H-pyrrole nitrogens is 1. The Balaban J connectivity index is 2.13. The molecule has 0 saturated carbocycles. The molecule has 1 aliphatic rings. The average molecular weight is 317 g/mol. The normalized spacial score (nSPS) is 19.9. The molecule has 18 heavy (non-hydrogen) atoms. The second-order valence-corrected chi connectivity index (χ2v) is 5.07. The SMILES string of the molecule is CCN1CCN(C(C(=O)O)c2[nH]cnc2Br)CC1. The van der Waals surface area contributed by atoms with Crippen molar-refractivity contribution >= 4 is 21.9 Å². The van der Waals surface area contributed by atoms with Crippen LogP contribution in [0.4, 0.5) is 0 Å². The number of aromatic nitrogens is 2. The molecule has 2 rings (SSSR count). The third kappa shape index (κ3) is 2.73. The van der Waals surface area contributed by atoms with E-state index in [9.17, 15) is 9.90 Å². The predicted octanol–water partition coefficient (Wildman–Crippen LogP) is 0.935. The minimum Gasteiger partial charge on any atom is -0.480 e. The zero-order valence-corrected chi connectivity index (χ0v) is 11.9. The lowest BCUT2D eigenvalue weighted by atomic mass is 10.1. The van der Waals surface area contributed by atoms with E-state index in [-0.39, 0.29) is 0 Å². The molecule has 0 aromatic carbocycles. The third-order valence-electron chi connectivity index (χ3n) is 3.35. The van der Waals surface area contributed by atoms with Crippen molar-refractivity contribution in [3.63, 3.8) is 0 Å². The van der Waals surface area contributed by atoms with Crippen molar-refractivity contribution in [1.82, 2.24) is 19.8 Å². The number of hydrogen-bond donors (Lipinski definition) is 2. The second-order valence-electron chi connectivity index (χ2n) is 4.32. The van der Waals surface area contributed by atoms with Gasteiger partial charge in [-0.25, -0.2) is 4.98 Å². The number of carboxylic acids is 1. The van der Waals surface area contributed by atoms with Crippen LogP contribution >= 0.6 is 15.9 Å². The van der Waals surface area contributed by atoms with E-state index in [0.717, 1.165) is 32.7 Å². The molecule has 2 heterocycles. The first kappa shape index (κ1) is 13.5. The molecule has 0 spiro atoms. The topological polar surface area (TPSA) is 72.5 Å². The molecule has 6 nitrogen and oxygen atoms in total. The fourth-order valence-electron chi connectivity index (χ4n) is 2.28. The van der Waals surface area contributed by atoms with E-state index in [1.165, 1.54) is 6.33 Å². The summed E-state index contributed by atoms with van der Waals surface area (Å²) >= 11 is 3.28. The number of aromatic amines is 1. The van der Waals surface area contributed by atoms with Crippen LogP contribution in [0.5, 0.6) is 0 Å². The van der Waals surface area contributed by atoms with E-state index in [2.05, 4.69) is 37.7 Å². The zero-order chi connectivity index (χ0) is 13.1. The summed E-state index contributed by atoms with van der Waals surface area (Å²) in [6.07, 6.45) is 1.51. The summed E-state index contributed by atoms with van der Waals surface area (Å²) < 4.78 is 0.577. The molecule has 7 heteroatoms. The number of hydrogen-bond acceptors (Lipinski definition) is 4. The van der Waals surface area contributed by atoms with Crippen LogP contribution in [0.3, 0.4) is 0 Å². The van der Waals surface area contributed by atoms with Crippen molar-refractivity contribution in [2.24, 2.45) is 0 Å². The van der Waals surface area contributed by atoms with Crippen LogP contribution in [0.15, 0.2) is 10.9 Å². The Labute approximate surface area is 114 Å². The number of aliphatic carboxylic acids is 1. The summed E-state index contributed by atoms with van der Waals surface area (Å²) in [7, 11) is 0. The monoisotopic (exact) mass is 316 g/mol. The Morgan fingerprint density at radius 2 is 2.22 bits per heavy atom. The first-order valence-corrected chi connectivity index (χ1v) is 6.80. The smallest absolute Gasteiger partial charge is 0.327 e. The average Bonchev–Trinajstić information content (AvgIpc) is 2.76. The van der Waals surface area contributed by atoms with Gasteiger partial charge in [-0.1, -0.05) is 6.92 Å². The summed E-state index contributed by atoms with van der Waals surface area (Å²) in [5, 5.41) is 9.42. The highest BCUT2D eigenvalue weighted by Crippen LogP contribution is 2.26. The summed E-state index contributed by atoms with van der Waals surface area (Å²) in [4.78, 5) is 22.7. The number of likely N-dealkylation sites (N-methyl/N-ethyl adjacent to an activating group) is 1. The van der Waals surface area contributed by atoms with Gasteiger partial charge < -0.3 is 15.0 Å². The van der Waals surface area contributed by atoms with Crippen LogP contribution < -0.4 is 0 Å². The van der Waals surface area contributed by atoms with Crippen LogP contribution in [-0.2, 0) is 4.79 Å². The summed E-state index contributed by atoms with van der Waals surface area (Å²) in [6.45, 7) is 6.47. The maximum atomic E-state index is 11.5. The van der Waals surface area contributed by atoms with Gasteiger partial charge in [0, 0.05) is 26.2 Å². The fraction of sp³-hybridized carbons (Fsp3) is 0.636. The molecule has 1 saturated heterocycles. The van der Waals surface area contributed by atoms with Gasteiger partial charge in [0.2, 0.25) is 0 Å².